The summed E-state index contributed by atoms with van der Waals surface area (Å²) in [5.74, 6) is 0.484. The topological polar surface area (TPSA) is 61.9 Å². The minimum Gasteiger partial charge on any atom is -0.497 e. The lowest BCUT2D eigenvalue weighted by molar-refractivity contribution is -0.119. The Bertz CT molecular complexity index is 829. The molecule has 2 amide bonds. The first-order valence-corrected chi connectivity index (χ1v) is 10.2. The van der Waals surface area contributed by atoms with Gasteiger partial charge < -0.3 is 19.9 Å². The zero-order valence-electron chi connectivity index (χ0n) is 17.4. The third-order valence-electron chi connectivity index (χ3n) is 5.42. The average Bonchev–Trinajstić information content (AvgIpc) is 3.25. The molecule has 0 aliphatic carbocycles. The number of likely N-dealkylation sites (tertiary alicyclic amines) is 1. The van der Waals surface area contributed by atoms with Crippen LogP contribution in [0, 0.1) is 0 Å². The second-order valence-corrected chi connectivity index (χ2v) is 7.09. The molecule has 1 fully saturated rings. The van der Waals surface area contributed by atoms with E-state index < -0.39 is 6.04 Å². The summed E-state index contributed by atoms with van der Waals surface area (Å²) in [6, 6.07) is 14.4. The van der Waals surface area contributed by atoms with Gasteiger partial charge in [-0.05, 0) is 75.2 Å². The Kier molecular flexibility index (Phi) is 6.75. The van der Waals surface area contributed by atoms with Gasteiger partial charge in [-0.15, -0.1) is 0 Å². The summed E-state index contributed by atoms with van der Waals surface area (Å²) >= 11 is 0. The van der Waals surface area contributed by atoms with Crippen molar-refractivity contribution in [3.05, 3.63) is 54.1 Å². The summed E-state index contributed by atoms with van der Waals surface area (Å²) < 4.78 is 5.14. The molecule has 1 unspecified atom stereocenters. The summed E-state index contributed by atoms with van der Waals surface area (Å²) in [6.07, 6.45) is 1.50. The van der Waals surface area contributed by atoms with Gasteiger partial charge in [-0.25, -0.2) is 0 Å². The van der Waals surface area contributed by atoms with Crippen LogP contribution in [0.3, 0.4) is 0 Å². The Morgan fingerprint density at radius 1 is 1.07 bits per heavy atom. The Morgan fingerprint density at radius 3 is 2.31 bits per heavy atom. The van der Waals surface area contributed by atoms with Crippen LogP contribution in [0.25, 0.3) is 0 Å². The number of amides is 2. The van der Waals surface area contributed by atoms with E-state index in [0.29, 0.717) is 24.2 Å². The van der Waals surface area contributed by atoms with E-state index in [4.69, 9.17) is 4.74 Å². The Balaban J connectivity index is 1.68. The predicted molar refractivity (Wildman–Crippen MR) is 116 cm³/mol. The molecule has 6 nitrogen and oxygen atoms in total. The van der Waals surface area contributed by atoms with Crippen LogP contribution < -0.4 is 15.0 Å². The quantitative estimate of drug-likeness (QED) is 0.775. The molecule has 1 heterocycles. The molecule has 0 spiro atoms. The second-order valence-electron chi connectivity index (χ2n) is 7.09. The molecule has 1 aliphatic heterocycles. The zero-order valence-corrected chi connectivity index (χ0v) is 17.4. The number of carbonyl (C=O) groups excluding carboxylic acids is 2. The Morgan fingerprint density at radius 2 is 1.72 bits per heavy atom. The molecule has 1 N–H and O–H groups in total. The first kappa shape index (κ1) is 20.7. The molecule has 29 heavy (non-hydrogen) atoms. The van der Waals surface area contributed by atoms with E-state index in [1.54, 1.807) is 36.3 Å². The minimum atomic E-state index is -0.452. The van der Waals surface area contributed by atoms with Crippen LogP contribution in [0.1, 0.15) is 37.0 Å². The van der Waals surface area contributed by atoms with Crippen LogP contribution in [-0.2, 0) is 4.79 Å². The number of carbonyl (C=O) groups is 2. The lowest BCUT2D eigenvalue weighted by Crippen LogP contribution is -2.43. The van der Waals surface area contributed by atoms with Gasteiger partial charge in [0.05, 0.1) is 7.11 Å². The van der Waals surface area contributed by atoms with Crippen LogP contribution in [0.5, 0.6) is 5.75 Å². The van der Waals surface area contributed by atoms with Gasteiger partial charge in [0.25, 0.3) is 5.91 Å². The number of ether oxygens (including phenoxy) is 1. The van der Waals surface area contributed by atoms with Crippen molar-refractivity contribution in [2.75, 3.05) is 37.0 Å². The summed E-state index contributed by atoms with van der Waals surface area (Å²) in [5, 5.41) is 2.92. The van der Waals surface area contributed by atoms with Crippen LogP contribution in [0.15, 0.2) is 48.5 Å². The monoisotopic (exact) mass is 395 g/mol. The zero-order chi connectivity index (χ0) is 20.8. The summed E-state index contributed by atoms with van der Waals surface area (Å²) in [6.45, 7) is 6.65. The minimum absolute atomic E-state index is 0.0940. The van der Waals surface area contributed by atoms with Crippen LogP contribution in [-0.4, -0.2) is 49.5 Å². The van der Waals surface area contributed by atoms with Gasteiger partial charge in [0.15, 0.2) is 0 Å². The maximum absolute atomic E-state index is 13.0. The van der Waals surface area contributed by atoms with Crippen molar-refractivity contribution in [3.63, 3.8) is 0 Å². The molecule has 2 aromatic carbocycles. The number of benzene rings is 2. The molecule has 3 rings (SSSR count). The summed E-state index contributed by atoms with van der Waals surface area (Å²) in [7, 11) is 1.60. The summed E-state index contributed by atoms with van der Waals surface area (Å²) in [5.41, 5.74) is 2.41. The largest absolute Gasteiger partial charge is 0.497 e. The van der Waals surface area contributed by atoms with Gasteiger partial charge in [-0.1, -0.05) is 0 Å². The highest BCUT2D eigenvalue weighted by Crippen LogP contribution is 2.24. The number of nitrogens with one attached hydrogen (secondary N) is 1. The van der Waals surface area contributed by atoms with Gasteiger partial charge in [0.1, 0.15) is 11.8 Å². The fourth-order valence-electron chi connectivity index (χ4n) is 3.75. The maximum Gasteiger partial charge on any atom is 0.254 e. The van der Waals surface area contributed by atoms with E-state index in [0.717, 1.165) is 30.9 Å². The Labute approximate surface area is 172 Å². The lowest BCUT2D eigenvalue weighted by Gasteiger charge is -2.25. The highest BCUT2D eigenvalue weighted by molar-refractivity contribution is 6.01. The van der Waals surface area contributed by atoms with E-state index in [9.17, 15) is 9.59 Å². The SMILES string of the molecule is CCN(CC)c1ccc(C(=O)N2CCCC2C(=O)Nc2ccc(OC)cc2)cc1. The highest BCUT2D eigenvalue weighted by Gasteiger charge is 2.34. The van der Waals surface area contributed by atoms with Crippen molar-refractivity contribution < 1.29 is 14.3 Å². The van der Waals surface area contributed by atoms with Crippen LogP contribution >= 0.6 is 0 Å². The van der Waals surface area contributed by atoms with Gasteiger partial charge in [0.2, 0.25) is 5.91 Å². The average molecular weight is 396 g/mol. The van der Waals surface area contributed by atoms with E-state index in [1.165, 1.54) is 0 Å². The molecule has 0 saturated carbocycles. The van der Waals surface area contributed by atoms with Crippen LogP contribution in [0.2, 0.25) is 0 Å². The third kappa shape index (κ3) is 4.70. The van der Waals surface area contributed by atoms with Crippen molar-refractivity contribution in [2.45, 2.75) is 32.7 Å². The van der Waals surface area contributed by atoms with Gasteiger partial charge >= 0.3 is 0 Å². The standard InChI is InChI=1S/C23H29N3O3/c1-4-25(5-2)19-12-8-17(9-13-19)23(28)26-16-6-7-21(26)22(27)24-18-10-14-20(29-3)15-11-18/h8-15,21H,4-7,16H2,1-3H3,(H,24,27). The normalized spacial score (nSPS) is 15.8. The molecule has 0 aromatic heterocycles. The first-order valence-electron chi connectivity index (χ1n) is 10.2. The fraction of sp³-hybridized carbons (Fsp3) is 0.391. The molecule has 6 heteroatoms. The molecular formula is C23H29N3O3. The van der Waals surface area contributed by atoms with Crippen molar-refractivity contribution in [2.24, 2.45) is 0 Å². The predicted octanol–water partition coefficient (Wildman–Crippen LogP) is 3.78. The van der Waals surface area contributed by atoms with Crippen molar-refractivity contribution in [1.82, 2.24) is 4.90 Å². The number of hydrogen-bond acceptors (Lipinski definition) is 4. The second kappa shape index (κ2) is 9.45. The van der Waals surface area contributed by atoms with Gasteiger partial charge in [-0.3, -0.25) is 9.59 Å². The van der Waals surface area contributed by atoms with E-state index in [2.05, 4.69) is 24.1 Å². The highest BCUT2D eigenvalue weighted by atomic mass is 16.5. The van der Waals surface area contributed by atoms with Gasteiger partial charge in [-0.2, -0.15) is 0 Å². The molecule has 1 atom stereocenters. The molecule has 2 aromatic rings. The van der Waals surface area contributed by atoms with Crippen molar-refractivity contribution in [3.8, 4) is 5.75 Å². The number of rotatable bonds is 7. The fourth-order valence-corrected chi connectivity index (χ4v) is 3.75. The Hall–Kier alpha value is -3.02. The van der Waals surface area contributed by atoms with Crippen molar-refractivity contribution in [1.29, 1.82) is 0 Å². The number of nitrogens with zero attached hydrogens (tertiary/aromatic N) is 2. The third-order valence-corrected chi connectivity index (χ3v) is 5.42. The molecule has 0 bridgehead atoms. The molecule has 1 saturated heterocycles. The number of anilines is 2. The lowest BCUT2D eigenvalue weighted by atomic mass is 10.1. The molecule has 0 radical (unpaired) electrons. The van der Waals surface area contributed by atoms with Gasteiger partial charge in [0, 0.05) is 36.6 Å². The number of methoxy groups -OCH3 is 1. The smallest absolute Gasteiger partial charge is 0.254 e. The molecule has 1 aliphatic rings. The van der Waals surface area contributed by atoms with E-state index in [1.807, 2.05) is 24.3 Å². The van der Waals surface area contributed by atoms with Crippen LogP contribution in [0.4, 0.5) is 11.4 Å². The number of hydrogen-bond donors (Lipinski definition) is 1. The summed E-state index contributed by atoms with van der Waals surface area (Å²) in [4.78, 5) is 29.7. The van der Waals surface area contributed by atoms with E-state index in [-0.39, 0.29) is 11.8 Å². The van der Waals surface area contributed by atoms with E-state index >= 15 is 0 Å². The first-order chi connectivity index (χ1) is 14.1. The maximum atomic E-state index is 13.0. The van der Waals surface area contributed by atoms with Crippen molar-refractivity contribution >= 4 is 23.2 Å². The molecular weight excluding hydrogens is 366 g/mol. The molecule has 154 valence electrons.